The number of anilines is 1. The van der Waals surface area contributed by atoms with Crippen molar-refractivity contribution in [3.05, 3.63) is 50.5 Å². The smallest absolute Gasteiger partial charge is 0.139 e. The molecule has 1 fully saturated rings. The summed E-state index contributed by atoms with van der Waals surface area (Å²) in [5, 5.41) is 3.84. The Bertz CT molecular complexity index is 938. The molecule has 0 spiro atoms. The molecule has 0 saturated heterocycles. The lowest BCUT2D eigenvalue weighted by molar-refractivity contribution is 0.461. The maximum absolute atomic E-state index is 5.01. The normalized spacial score (nSPS) is 15.5. The van der Waals surface area contributed by atoms with Crippen LogP contribution in [0, 0.1) is 13.8 Å². The van der Waals surface area contributed by atoms with Gasteiger partial charge in [-0.25, -0.2) is 4.98 Å². The van der Waals surface area contributed by atoms with Crippen molar-refractivity contribution in [2.24, 2.45) is 0 Å². The lowest BCUT2D eigenvalue weighted by Crippen LogP contribution is -2.23. The number of rotatable bonds is 3. The second-order valence-corrected chi connectivity index (χ2v) is 8.92. The molecule has 1 aliphatic rings. The van der Waals surface area contributed by atoms with Crippen LogP contribution in [0.3, 0.4) is 0 Å². The molecule has 1 aromatic carbocycles. The summed E-state index contributed by atoms with van der Waals surface area (Å²) in [6.45, 7) is 4.28. The molecule has 0 aliphatic heterocycles. The largest absolute Gasteiger partial charge is 0.367 e. The highest BCUT2D eigenvalue weighted by Crippen LogP contribution is 2.35. The molecule has 0 bridgehead atoms. The van der Waals surface area contributed by atoms with Crippen LogP contribution in [0.1, 0.15) is 43.4 Å². The molecule has 3 nitrogen and oxygen atoms in total. The van der Waals surface area contributed by atoms with Gasteiger partial charge in [0.15, 0.2) is 0 Å². The third-order valence-corrected chi connectivity index (χ3v) is 7.04. The van der Waals surface area contributed by atoms with E-state index in [9.17, 15) is 0 Å². The second-order valence-electron chi connectivity index (χ2n) is 7.22. The standard InChI is InChI=1S/C21H23Br2N3/c1-13-12-18-25-20(15-8-10-16(22)11-9-15)21(26(18)14(2)19(13)23)24-17-6-4-3-5-7-17/h8-12,17,24H,3-7H2,1-2H3. The van der Waals surface area contributed by atoms with Gasteiger partial charge >= 0.3 is 0 Å². The zero-order valence-corrected chi connectivity index (χ0v) is 18.3. The van der Waals surface area contributed by atoms with E-state index < -0.39 is 0 Å². The Morgan fingerprint density at radius 2 is 1.73 bits per heavy atom. The fourth-order valence-corrected chi connectivity index (χ4v) is 4.45. The third-order valence-electron chi connectivity index (χ3n) is 5.31. The quantitative estimate of drug-likeness (QED) is 0.446. The fraction of sp³-hybridized carbons (Fsp3) is 0.381. The van der Waals surface area contributed by atoms with Crippen molar-refractivity contribution < 1.29 is 0 Å². The Kier molecular flexibility index (Phi) is 5.11. The Balaban J connectivity index is 1.90. The molecule has 0 unspecified atom stereocenters. The van der Waals surface area contributed by atoms with Crippen molar-refractivity contribution in [3.8, 4) is 11.3 Å². The third kappa shape index (κ3) is 3.31. The van der Waals surface area contributed by atoms with Gasteiger partial charge in [-0.05, 0) is 66.4 Å². The first-order valence-electron chi connectivity index (χ1n) is 9.25. The van der Waals surface area contributed by atoms with Crippen molar-refractivity contribution >= 4 is 43.3 Å². The number of fused-ring (bicyclic) bond motifs is 1. The van der Waals surface area contributed by atoms with Crippen LogP contribution in [0.5, 0.6) is 0 Å². The molecule has 5 heteroatoms. The molecule has 0 atom stereocenters. The van der Waals surface area contributed by atoms with Crippen LogP contribution in [-0.4, -0.2) is 15.4 Å². The predicted octanol–water partition coefficient (Wildman–Crippen LogP) is 6.89. The van der Waals surface area contributed by atoms with Gasteiger partial charge in [-0.3, -0.25) is 4.40 Å². The molecule has 0 radical (unpaired) electrons. The molecule has 3 aromatic rings. The van der Waals surface area contributed by atoms with E-state index in [1.807, 2.05) is 0 Å². The van der Waals surface area contributed by atoms with Crippen LogP contribution >= 0.6 is 31.9 Å². The number of nitrogens with zero attached hydrogens (tertiary/aromatic N) is 2. The van der Waals surface area contributed by atoms with E-state index in [2.05, 4.69) is 85.8 Å². The highest BCUT2D eigenvalue weighted by molar-refractivity contribution is 9.10. The predicted molar refractivity (Wildman–Crippen MR) is 116 cm³/mol. The first kappa shape index (κ1) is 18.1. The summed E-state index contributed by atoms with van der Waals surface area (Å²) < 4.78 is 4.50. The van der Waals surface area contributed by atoms with Gasteiger partial charge in [-0.15, -0.1) is 0 Å². The summed E-state index contributed by atoms with van der Waals surface area (Å²) in [4.78, 5) is 5.01. The minimum Gasteiger partial charge on any atom is -0.367 e. The van der Waals surface area contributed by atoms with Crippen molar-refractivity contribution in [2.45, 2.75) is 52.0 Å². The molecule has 1 N–H and O–H groups in total. The zero-order valence-electron chi connectivity index (χ0n) is 15.1. The topological polar surface area (TPSA) is 29.3 Å². The summed E-state index contributed by atoms with van der Waals surface area (Å²) in [6.07, 6.45) is 6.44. The van der Waals surface area contributed by atoms with Gasteiger partial charge in [0.05, 0.1) is 0 Å². The number of hydrogen-bond donors (Lipinski definition) is 1. The molecule has 2 aromatic heterocycles. The van der Waals surface area contributed by atoms with E-state index in [0.717, 1.165) is 31.7 Å². The summed E-state index contributed by atoms with van der Waals surface area (Å²) in [6, 6.07) is 11.1. The monoisotopic (exact) mass is 475 g/mol. The highest BCUT2D eigenvalue weighted by atomic mass is 79.9. The molecule has 1 saturated carbocycles. The summed E-state index contributed by atoms with van der Waals surface area (Å²) in [5.74, 6) is 1.12. The van der Waals surface area contributed by atoms with Crippen molar-refractivity contribution in [2.75, 3.05) is 5.32 Å². The molecule has 0 amide bonds. The Morgan fingerprint density at radius 3 is 2.42 bits per heavy atom. The number of nitrogens with one attached hydrogen (secondary N) is 1. The van der Waals surface area contributed by atoms with Crippen LogP contribution in [0.4, 0.5) is 5.82 Å². The van der Waals surface area contributed by atoms with Gasteiger partial charge in [-0.1, -0.05) is 47.3 Å². The Hall–Kier alpha value is -1.33. The highest BCUT2D eigenvalue weighted by Gasteiger charge is 2.21. The first-order chi connectivity index (χ1) is 12.5. The Labute approximate surface area is 171 Å². The maximum atomic E-state index is 5.01. The molecular formula is C21H23Br2N3. The molecule has 26 heavy (non-hydrogen) atoms. The molecule has 2 heterocycles. The first-order valence-corrected chi connectivity index (χ1v) is 10.8. The van der Waals surface area contributed by atoms with Gasteiger partial charge in [0.2, 0.25) is 0 Å². The van der Waals surface area contributed by atoms with E-state index in [1.165, 1.54) is 43.4 Å². The second kappa shape index (κ2) is 7.35. The van der Waals surface area contributed by atoms with Crippen LogP contribution < -0.4 is 5.32 Å². The minimum absolute atomic E-state index is 0.525. The van der Waals surface area contributed by atoms with E-state index in [-0.39, 0.29) is 0 Å². The number of pyridine rings is 1. The van der Waals surface area contributed by atoms with Gasteiger partial charge in [0.1, 0.15) is 17.2 Å². The van der Waals surface area contributed by atoms with Crippen LogP contribution in [0.25, 0.3) is 16.9 Å². The summed E-state index contributed by atoms with van der Waals surface area (Å²) in [5.41, 5.74) is 5.58. The van der Waals surface area contributed by atoms with Gasteiger partial charge in [0, 0.05) is 26.2 Å². The number of aromatic nitrogens is 2. The number of imidazole rings is 1. The van der Waals surface area contributed by atoms with Crippen LogP contribution in [0.2, 0.25) is 0 Å². The molecule has 1 aliphatic carbocycles. The SMILES string of the molecule is Cc1cc2nc(-c3ccc(Br)cc3)c(NC3CCCCC3)n2c(C)c1Br. The zero-order chi connectivity index (χ0) is 18.3. The van der Waals surface area contributed by atoms with Crippen LogP contribution in [0.15, 0.2) is 39.3 Å². The van der Waals surface area contributed by atoms with E-state index in [1.54, 1.807) is 0 Å². The van der Waals surface area contributed by atoms with Gasteiger partial charge in [0.25, 0.3) is 0 Å². The summed E-state index contributed by atoms with van der Waals surface area (Å²) >= 11 is 7.29. The average Bonchev–Trinajstić information content (AvgIpc) is 2.99. The van der Waals surface area contributed by atoms with Crippen molar-refractivity contribution in [1.29, 1.82) is 0 Å². The Morgan fingerprint density at radius 1 is 1.04 bits per heavy atom. The fourth-order valence-electron chi connectivity index (χ4n) is 3.90. The number of aryl methyl sites for hydroxylation is 2. The van der Waals surface area contributed by atoms with Crippen LogP contribution in [-0.2, 0) is 0 Å². The lowest BCUT2D eigenvalue weighted by atomic mass is 9.95. The number of hydrogen-bond acceptors (Lipinski definition) is 2. The van der Waals surface area contributed by atoms with Crippen molar-refractivity contribution in [1.82, 2.24) is 9.38 Å². The number of halogens is 2. The number of benzene rings is 1. The molecular weight excluding hydrogens is 454 g/mol. The average molecular weight is 477 g/mol. The molecule has 4 rings (SSSR count). The van der Waals surface area contributed by atoms with Crippen molar-refractivity contribution in [3.63, 3.8) is 0 Å². The van der Waals surface area contributed by atoms with Gasteiger partial charge in [-0.2, -0.15) is 0 Å². The maximum Gasteiger partial charge on any atom is 0.139 e. The van der Waals surface area contributed by atoms with E-state index in [0.29, 0.717) is 6.04 Å². The van der Waals surface area contributed by atoms with E-state index in [4.69, 9.17) is 4.98 Å². The summed E-state index contributed by atoms with van der Waals surface area (Å²) in [7, 11) is 0. The van der Waals surface area contributed by atoms with E-state index >= 15 is 0 Å². The lowest BCUT2D eigenvalue weighted by Gasteiger charge is -2.24. The minimum atomic E-state index is 0.525. The van der Waals surface area contributed by atoms with Gasteiger partial charge < -0.3 is 5.32 Å². The molecule has 136 valence electrons.